The summed E-state index contributed by atoms with van der Waals surface area (Å²) in [5.74, 6) is 0. The summed E-state index contributed by atoms with van der Waals surface area (Å²) in [7, 11) is -3.77. The summed E-state index contributed by atoms with van der Waals surface area (Å²) in [6.07, 6.45) is 1.31. The van der Waals surface area contributed by atoms with Crippen molar-refractivity contribution in [2.24, 2.45) is 5.14 Å². The average molecular weight is 238 g/mol. The van der Waals surface area contributed by atoms with Crippen molar-refractivity contribution in [2.45, 2.75) is 11.6 Å². The second kappa shape index (κ2) is 4.03. The molecule has 0 aliphatic heterocycles. The molecule has 6 nitrogen and oxygen atoms in total. The molecule has 2 rings (SSSR count). The van der Waals surface area contributed by atoms with Gasteiger partial charge < -0.3 is 0 Å². The second-order valence-corrected chi connectivity index (χ2v) is 4.79. The van der Waals surface area contributed by atoms with Gasteiger partial charge in [0.15, 0.2) is 0 Å². The zero-order valence-electron chi connectivity index (χ0n) is 8.31. The van der Waals surface area contributed by atoms with Gasteiger partial charge in [-0.2, -0.15) is 0 Å². The van der Waals surface area contributed by atoms with Crippen LogP contribution >= 0.6 is 0 Å². The van der Waals surface area contributed by atoms with E-state index >= 15 is 0 Å². The van der Waals surface area contributed by atoms with E-state index in [0.717, 1.165) is 5.56 Å². The van der Waals surface area contributed by atoms with Gasteiger partial charge in [-0.05, 0) is 5.56 Å². The van der Waals surface area contributed by atoms with Crippen LogP contribution in [0.5, 0.6) is 0 Å². The van der Waals surface area contributed by atoms with Crippen molar-refractivity contribution < 1.29 is 8.42 Å². The molecule has 1 aromatic carbocycles. The molecule has 0 unspecified atom stereocenters. The van der Waals surface area contributed by atoms with Crippen LogP contribution < -0.4 is 5.14 Å². The number of nitrogens with two attached hydrogens (primary N) is 1. The Hall–Kier alpha value is -1.73. The van der Waals surface area contributed by atoms with Crippen molar-refractivity contribution in [1.82, 2.24) is 15.0 Å². The van der Waals surface area contributed by atoms with E-state index in [2.05, 4.69) is 10.3 Å². The number of hydrogen-bond acceptors (Lipinski definition) is 4. The Balaban J connectivity index is 2.22. The lowest BCUT2D eigenvalue weighted by atomic mass is 10.2. The standard InChI is InChI=1S/C9H10N4O2S/c10-16(14,15)9-7-13(12-11-9)6-8-4-2-1-3-5-8/h1-5,7H,6H2,(H2,10,14,15). The summed E-state index contributed by atoms with van der Waals surface area (Å²) < 4.78 is 23.3. The van der Waals surface area contributed by atoms with E-state index in [0.29, 0.717) is 6.54 Å². The molecule has 1 heterocycles. The van der Waals surface area contributed by atoms with Gasteiger partial charge in [0.1, 0.15) is 0 Å². The zero-order valence-corrected chi connectivity index (χ0v) is 9.13. The monoisotopic (exact) mass is 238 g/mol. The van der Waals surface area contributed by atoms with Crippen LogP contribution in [0, 0.1) is 0 Å². The minimum atomic E-state index is -3.77. The minimum absolute atomic E-state index is 0.219. The number of hydrogen-bond donors (Lipinski definition) is 1. The summed E-state index contributed by atoms with van der Waals surface area (Å²) in [5.41, 5.74) is 1.01. The predicted octanol–water partition coefficient (Wildman–Crippen LogP) is -0.0262. The Labute approximate surface area is 92.7 Å². The van der Waals surface area contributed by atoms with Gasteiger partial charge in [-0.3, -0.25) is 0 Å². The maximum absolute atomic E-state index is 11.0. The third-order valence-electron chi connectivity index (χ3n) is 2.00. The van der Waals surface area contributed by atoms with E-state index in [1.807, 2.05) is 30.3 Å². The minimum Gasteiger partial charge on any atom is -0.247 e. The topological polar surface area (TPSA) is 90.9 Å². The second-order valence-electron chi connectivity index (χ2n) is 3.28. The number of benzene rings is 1. The van der Waals surface area contributed by atoms with Crippen LogP contribution in [-0.4, -0.2) is 23.4 Å². The van der Waals surface area contributed by atoms with E-state index in [1.165, 1.54) is 10.9 Å². The Morgan fingerprint density at radius 3 is 2.50 bits per heavy atom. The normalized spacial score (nSPS) is 11.6. The van der Waals surface area contributed by atoms with Crippen LogP contribution in [0.25, 0.3) is 0 Å². The quantitative estimate of drug-likeness (QED) is 0.813. The highest BCUT2D eigenvalue weighted by Crippen LogP contribution is 2.04. The average Bonchev–Trinajstić information content (AvgIpc) is 2.67. The van der Waals surface area contributed by atoms with Gasteiger partial charge in [0.05, 0.1) is 12.7 Å². The van der Waals surface area contributed by atoms with Gasteiger partial charge in [0.2, 0.25) is 5.03 Å². The Morgan fingerprint density at radius 2 is 1.94 bits per heavy atom. The lowest BCUT2D eigenvalue weighted by Crippen LogP contribution is -2.12. The first-order chi connectivity index (χ1) is 7.55. The number of aromatic nitrogens is 3. The molecule has 0 aliphatic carbocycles. The van der Waals surface area contributed by atoms with E-state index in [9.17, 15) is 8.42 Å². The maximum atomic E-state index is 11.0. The van der Waals surface area contributed by atoms with Crippen LogP contribution in [0.3, 0.4) is 0 Å². The van der Waals surface area contributed by atoms with Crippen molar-refractivity contribution in [2.75, 3.05) is 0 Å². The van der Waals surface area contributed by atoms with Crippen LogP contribution in [0.4, 0.5) is 0 Å². The first-order valence-electron chi connectivity index (χ1n) is 4.52. The number of sulfonamides is 1. The third kappa shape index (κ3) is 2.44. The number of rotatable bonds is 3. The first kappa shape index (κ1) is 10.8. The van der Waals surface area contributed by atoms with Crippen LogP contribution in [0.2, 0.25) is 0 Å². The van der Waals surface area contributed by atoms with Crippen molar-refractivity contribution >= 4 is 10.0 Å². The predicted molar refractivity (Wildman–Crippen MR) is 56.9 cm³/mol. The maximum Gasteiger partial charge on any atom is 0.259 e. The molecular weight excluding hydrogens is 228 g/mol. The summed E-state index contributed by atoms with van der Waals surface area (Å²) in [6, 6.07) is 9.52. The molecule has 0 saturated carbocycles. The molecule has 0 bridgehead atoms. The van der Waals surface area contributed by atoms with Gasteiger partial charge in [0, 0.05) is 0 Å². The van der Waals surface area contributed by atoms with E-state index < -0.39 is 10.0 Å². The highest BCUT2D eigenvalue weighted by Gasteiger charge is 2.12. The zero-order chi connectivity index (χ0) is 11.6. The molecule has 2 N–H and O–H groups in total. The molecule has 2 aromatic rings. The van der Waals surface area contributed by atoms with Crippen LogP contribution in [-0.2, 0) is 16.6 Å². The number of nitrogens with zero attached hydrogens (tertiary/aromatic N) is 3. The van der Waals surface area contributed by atoms with Crippen molar-refractivity contribution in [1.29, 1.82) is 0 Å². The molecule has 0 spiro atoms. The van der Waals surface area contributed by atoms with Gasteiger partial charge in [-0.25, -0.2) is 18.2 Å². The fourth-order valence-electron chi connectivity index (χ4n) is 1.26. The first-order valence-corrected chi connectivity index (χ1v) is 6.07. The molecule has 1 aromatic heterocycles. The number of primary sulfonamides is 1. The molecule has 16 heavy (non-hydrogen) atoms. The van der Waals surface area contributed by atoms with Gasteiger partial charge in [-0.1, -0.05) is 35.5 Å². The van der Waals surface area contributed by atoms with Crippen molar-refractivity contribution in [3.8, 4) is 0 Å². The van der Waals surface area contributed by atoms with Crippen LogP contribution in [0.15, 0.2) is 41.6 Å². The molecule has 0 fully saturated rings. The van der Waals surface area contributed by atoms with Gasteiger partial charge >= 0.3 is 0 Å². The SMILES string of the molecule is NS(=O)(=O)c1cn(Cc2ccccc2)nn1. The third-order valence-corrected chi connectivity index (χ3v) is 2.77. The largest absolute Gasteiger partial charge is 0.259 e. The van der Waals surface area contributed by atoms with Gasteiger partial charge in [-0.15, -0.1) is 5.10 Å². The summed E-state index contributed by atoms with van der Waals surface area (Å²) in [4.78, 5) is 0. The Morgan fingerprint density at radius 1 is 1.25 bits per heavy atom. The molecule has 0 radical (unpaired) electrons. The fourth-order valence-corrected chi connectivity index (χ4v) is 1.68. The smallest absolute Gasteiger partial charge is 0.247 e. The fraction of sp³-hybridized carbons (Fsp3) is 0.111. The van der Waals surface area contributed by atoms with Crippen molar-refractivity contribution in [3.05, 3.63) is 42.1 Å². The van der Waals surface area contributed by atoms with E-state index in [-0.39, 0.29) is 5.03 Å². The lowest BCUT2D eigenvalue weighted by molar-refractivity contribution is 0.593. The molecule has 0 atom stereocenters. The summed E-state index contributed by atoms with van der Waals surface area (Å²) >= 11 is 0. The molecule has 84 valence electrons. The molecule has 0 saturated heterocycles. The highest BCUT2D eigenvalue weighted by atomic mass is 32.2. The van der Waals surface area contributed by atoms with E-state index in [4.69, 9.17) is 5.14 Å². The highest BCUT2D eigenvalue weighted by molar-refractivity contribution is 7.89. The summed E-state index contributed by atoms with van der Waals surface area (Å²) in [6.45, 7) is 0.462. The lowest BCUT2D eigenvalue weighted by Gasteiger charge is -1.98. The Bertz CT molecular complexity index is 577. The Kier molecular flexibility index (Phi) is 2.71. The van der Waals surface area contributed by atoms with E-state index in [1.54, 1.807) is 0 Å². The van der Waals surface area contributed by atoms with Crippen molar-refractivity contribution in [3.63, 3.8) is 0 Å². The summed E-state index contributed by atoms with van der Waals surface area (Å²) in [5, 5.41) is 11.9. The van der Waals surface area contributed by atoms with Gasteiger partial charge in [0.25, 0.3) is 10.0 Å². The molecule has 0 aliphatic rings. The molecular formula is C9H10N4O2S. The van der Waals surface area contributed by atoms with Crippen LogP contribution in [0.1, 0.15) is 5.56 Å². The molecule has 0 amide bonds. The molecule has 7 heteroatoms.